The smallest absolute Gasteiger partial charge is 0.238 e. The van der Waals surface area contributed by atoms with Crippen LogP contribution in [0.5, 0.6) is 0 Å². The van der Waals surface area contributed by atoms with E-state index in [9.17, 15) is 4.79 Å². The Morgan fingerprint density at radius 2 is 2.21 bits per heavy atom. The average molecular weight is 281 g/mol. The van der Waals surface area contributed by atoms with Crippen molar-refractivity contribution >= 4 is 17.2 Å². The van der Waals surface area contributed by atoms with Gasteiger partial charge < -0.3 is 9.64 Å². The molecule has 0 radical (unpaired) electrons. The predicted octanol–water partition coefficient (Wildman–Crippen LogP) is 0.511. The molecule has 1 unspecified atom stereocenters. The Balaban J connectivity index is 1.59. The van der Waals surface area contributed by atoms with Gasteiger partial charge in [-0.2, -0.15) is 0 Å². The summed E-state index contributed by atoms with van der Waals surface area (Å²) in [5.41, 5.74) is 0. The highest BCUT2D eigenvalue weighted by Gasteiger charge is 2.32. The highest BCUT2D eigenvalue weighted by Crippen LogP contribution is 2.25. The maximum atomic E-state index is 12.0. The van der Waals surface area contributed by atoms with Gasteiger partial charge in [0.05, 0.1) is 19.8 Å². The van der Waals surface area contributed by atoms with E-state index in [2.05, 4.69) is 21.7 Å². The zero-order valence-corrected chi connectivity index (χ0v) is 11.7. The molecule has 1 aromatic rings. The molecule has 6 heteroatoms. The summed E-state index contributed by atoms with van der Waals surface area (Å²) in [5, 5.41) is 5.35. The number of morpholine rings is 1. The highest BCUT2D eigenvalue weighted by atomic mass is 32.1. The van der Waals surface area contributed by atoms with Gasteiger partial charge in [0.15, 0.2) is 0 Å². The molecule has 19 heavy (non-hydrogen) atoms. The van der Waals surface area contributed by atoms with E-state index < -0.39 is 0 Å². The first-order chi connectivity index (χ1) is 9.34. The summed E-state index contributed by atoms with van der Waals surface area (Å²) in [6.07, 6.45) is 0.0635. The van der Waals surface area contributed by atoms with E-state index in [4.69, 9.17) is 4.74 Å². The zero-order chi connectivity index (χ0) is 13.1. The minimum Gasteiger partial charge on any atom is -0.379 e. The van der Waals surface area contributed by atoms with Crippen LogP contribution in [0, 0.1) is 0 Å². The van der Waals surface area contributed by atoms with Crippen molar-refractivity contribution in [2.45, 2.75) is 6.17 Å². The summed E-state index contributed by atoms with van der Waals surface area (Å²) in [7, 11) is 0. The summed E-state index contributed by atoms with van der Waals surface area (Å²) in [6, 6.07) is 4.12. The third-order valence-electron chi connectivity index (χ3n) is 3.65. The van der Waals surface area contributed by atoms with Gasteiger partial charge in [0.1, 0.15) is 6.17 Å². The van der Waals surface area contributed by atoms with Crippen LogP contribution < -0.4 is 5.32 Å². The van der Waals surface area contributed by atoms with Crippen molar-refractivity contribution < 1.29 is 9.53 Å². The predicted molar refractivity (Wildman–Crippen MR) is 74.0 cm³/mol. The van der Waals surface area contributed by atoms with Gasteiger partial charge in [0.25, 0.3) is 0 Å². The normalized spacial score (nSPS) is 25.2. The van der Waals surface area contributed by atoms with Crippen LogP contribution in [0.3, 0.4) is 0 Å². The summed E-state index contributed by atoms with van der Waals surface area (Å²) < 4.78 is 5.34. The SMILES string of the molecule is O=C1CNC(c2cccs2)N1CCN1CCOCC1. The van der Waals surface area contributed by atoms with E-state index in [-0.39, 0.29) is 12.1 Å². The van der Waals surface area contributed by atoms with Crippen LogP contribution in [0.2, 0.25) is 0 Å². The number of nitrogens with one attached hydrogen (secondary N) is 1. The summed E-state index contributed by atoms with van der Waals surface area (Å²) in [5.74, 6) is 0.201. The number of hydrogen-bond acceptors (Lipinski definition) is 5. The molecule has 0 spiro atoms. The molecule has 1 amide bonds. The molecular formula is C13H19N3O2S. The number of carbonyl (C=O) groups is 1. The zero-order valence-electron chi connectivity index (χ0n) is 10.9. The monoisotopic (exact) mass is 281 g/mol. The summed E-state index contributed by atoms with van der Waals surface area (Å²) in [6.45, 7) is 5.72. The Morgan fingerprint density at radius 3 is 2.95 bits per heavy atom. The fraction of sp³-hybridized carbons (Fsp3) is 0.615. The molecule has 2 fully saturated rings. The van der Waals surface area contributed by atoms with E-state index in [1.165, 1.54) is 4.88 Å². The maximum Gasteiger partial charge on any atom is 0.238 e. The molecule has 5 nitrogen and oxygen atoms in total. The maximum absolute atomic E-state index is 12.0. The molecule has 1 aromatic heterocycles. The molecule has 2 saturated heterocycles. The number of nitrogens with zero attached hydrogens (tertiary/aromatic N) is 2. The number of rotatable bonds is 4. The van der Waals surface area contributed by atoms with Crippen LogP contribution in [0.1, 0.15) is 11.0 Å². The molecule has 3 rings (SSSR count). The average Bonchev–Trinajstić information content (AvgIpc) is 3.07. The van der Waals surface area contributed by atoms with Crippen LogP contribution >= 0.6 is 11.3 Å². The molecule has 2 aliphatic rings. The number of carbonyl (C=O) groups excluding carboxylic acids is 1. The van der Waals surface area contributed by atoms with Crippen molar-refractivity contribution in [3.05, 3.63) is 22.4 Å². The van der Waals surface area contributed by atoms with Gasteiger partial charge in [0.2, 0.25) is 5.91 Å². The molecule has 3 heterocycles. The second-order valence-corrected chi connectivity index (χ2v) is 5.82. The summed E-state index contributed by atoms with van der Waals surface area (Å²) >= 11 is 1.70. The Hall–Kier alpha value is -0.950. The number of hydrogen-bond donors (Lipinski definition) is 1. The highest BCUT2D eigenvalue weighted by molar-refractivity contribution is 7.10. The first-order valence-electron chi connectivity index (χ1n) is 6.71. The fourth-order valence-corrected chi connectivity index (χ4v) is 3.38. The van der Waals surface area contributed by atoms with Crippen molar-refractivity contribution in [2.24, 2.45) is 0 Å². The van der Waals surface area contributed by atoms with Crippen LogP contribution in [0.4, 0.5) is 0 Å². The lowest BCUT2D eigenvalue weighted by Crippen LogP contribution is -2.42. The Kier molecular flexibility index (Phi) is 4.12. The third-order valence-corrected chi connectivity index (χ3v) is 4.58. The van der Waals surface area contributed by atoms with E-state index in [0.29, 0.717) is 6.54 Å². The molecule has 1 atom stereocenters. The largest absolute Gasteiger partial charge is 0.379 e. The van der Waals surface area contributed by atoms with Crippen molar-refractivity contribution in [1.82, 2.24) is 15.1 Å². The van der Waals surface area contributed by atoms with Crippen molar-refractivity contribution in [3.63, 3.8) is 0 Å². The molecular weight excluding hydrogens is 262 g/mol. The minimum absolute atomic E-state index is 0.0635. The van der Waals surface area contributed by atoms with E-state index in [1.807, 2.05) is 11.0 Å². The van der Waals surface area contributed by atoms with E-state index in [1.54, 1.807) is 11.3 Å². The molecule has 0 saturated carbocycles. The number of thiophene rings is 1. The number of ether oxygens (including phenoxy) is 1. The topological polar surface area (TPSA) is 44.8 Å². The Bertz CT molecular complexity index is 418. The van der Waals surface area contributed by atoms with Crippen LogP contribution in [0.25, 0.3) is 0 Å². The second kappa shape index (κ2) is 6.00. The second-order valence-electron chi connectivity index (χ2n) is 4.84. The van der Waals surface area contributed by atoms with Crippen LogP contribution in [-0.2, 0) is 9.53 Å². The molecule has 0 aromatic carbocycles. The first kappa shape index (κ1) is 13.1. The lowest BCUT2D eigenvalue weighted by atomic mass is 10.3. The fourth-order valence-electron chi connectivity index (χ4n) is 2.57. The third kappa shape index (κ3) is 2.97. The molecule has 0 bridgehead atoms. The molecule has 0 aliphatic carbocycles. The van der Waals surface area contributed by atoms with Gasteiger partial charge in [0, 0.05) is 31.1 Å². The minimum atomic E-state index is 0.0635. The standard InChI is InChI=1S/C13H19N3O2S/c17-12-10-14-13(11-2-1-9-19-11)16(12)4-3-15-5-7-18-8-6-15/h1-2,9,13-14H,3-8,10H2. The van der Waals surface area contributed by atoms with Crippen molar-refractivity contribution in [3.8, 4) is 0 Å². The van der Waals surface area contributed by atoms with E-state index in [0.717, 1.165) is 39.4 Å². The van der Waals surface area contributed by atoms with Gasteiger partial charge in [-0.1, -0.05) is 6.07 Å². The lowest BCUT2D eigenvalue weighted by molar-refractivity contribution is -0.128. The van der Waals surface area contributed by atoms with Gasteiger partial charge in [-0.25, -0.2) is 0 Å². The Morgan fingerprint density at radius 1 is 1.37 bits per heavy atom. The van der Waals surface area contributed by atoms with Crippen LogP contribution in [-0.4, -0.2) is 61.6 Å². The Labute approximate surface area is 117 Å². The first-order valence-corrected chi connectivity index (χ1v) is 7.59. The van der Waals surface area contributed by atoms with Gasteiger partial charge in [-0.15, -0.1) is 11.3 Å². The number of amides is 1. The van der Waals surface area contributed by atoms with Crippen LogP contribution in [0.15, 0.2) is 17.5 Å². The van der Waals surface area contributed by atoms with Gasteiger partial charge in [-0.05, 0) is 11.4 Å². The van der Waals surface area contributed by atoms with Crippen molar-refractivity contribution in [2.75, 3.05) is 45.9 Å². The van der Waals surface area contributed by atoms with E-state index >= 15 is 0 Å². The van der Waals surface area contributed by atoms with Gasteiger partial charge in [-0.3, -0.25) is 15.0 Å². The van der Waals surface area contributed by atoms with Gasteiger partial charge >= 0.3 is 0 Å². The summed E-state index contributed by atoms with van der Waals surface area (Å²) in [4.78, 5) is 17.5. The lowest BCUT2D eigenvalue weighted by Gasteiger charge is -2.30. The molecule has 1 N–H and O–H groups in total. The molecule has 104 valence electrons. The quantitative estimate of drug-likeness (QED) is 0.873. The van der Waals surface area contributed by atoms with Crippen molar-refractivity contribution in [1.29, 1.82) is 0 Å². The molecule has 2 aliphatic heterocycles.